The van der Waals surface area contributed by atoms with Gasteiger partial charge in [0.15, 0.2) is 34.8 Å². The topological polar surface area (TPSA) is 9.23 Å². The van der Waals surface area contributed by atoms with Gasteiger partial charge < -0.3 is 4.74 Å². The molecule has 1 aliphatic carbocycles. The van der Waals surface area contributed by atoms with Crippen molar-refractivity contribution in [3.63, 3.8) is 0 Å². The van der Waals surface area contributed by atoms with Gasteiger partial charge in [0.1, 0.15) is 0 Å². The molecular formula is C30H31F5O. The van der Waals surface area contributed by atoms with Crippen molar-refractivity contribution in [3.8, 4) is 16.9 Å². The standard InChI is InChI=1S/C30H31F5O/c1-2-3-4-5-20-14-27(33)30(28(34)15-20)36-18-19-6-8-21(9-7-19)22-10-12-23(13-11-22)24-16-25(31)29(35)26(32)17-24/h10-17,19,21H,2-9,18H2,1H3. The third-order valence-electron chi connectivity index (χ3n) is 7.14. The van der Waals surface area contributed by atoms with Crippen LogP contribution in [0.2, 0.25) is 0 Å². The Morgan fingerprint density at radius 1 is 0.722 bits per heavy atom. The monoisotopic (exact) mass is 502 g/mol. The van der Waals surface area contributed by atoms with E-state index < -0.39 is 29.1 Å². The van der Waals surface area contributed by atoms with E-state index >= 15 is 0 Å². The lowest BCUT2D eigenvalue weighted by molar-refractivity contribution is 0.188. The van der Waals surface area contributed by atoms with E-state index in [1.165, 1.54) is 12.1 Å². The molecule has 1 saturated carbocycles. The van der Waals surface area contributed by atoms with Crippen molar-refractivity contribution in [2.75, 3.05) is 6.61 Å². The number of unbranched alkanes of at least 4 members (excludes halogenated alkanes) is 2. The molecule has 3 aromatic rings. The van der Waals surface area contributed by atoms with E-state index in [0.717, 1.165) is 62.6 Å². The van der Waals surface area contributed by atoms with Crippen LogP contribution < -0.4 is 4.74 Å². The van der Waals surface area contributed by atoms with Crippen molar-refractivity contribution in [1.29, 1.82) is 0 Å². The lowest BCUT2D eigenvalue weighted by Gasteiger charge is -2.29. The molecule has 6 heteroatoms. The molecule has 0 aliphatic heterocycles. The minimum absolute atomic E-state index is 0.216. The molecule has 36 heavy (non-hydrogen) atoms. The zero-order chi connectivity index (χ0) is 25.7. The predicted octanol–water partition coefficient (Wildman–Crippen LogP) is 9.13. The molecule has 4 rings (SSSR count). The van der Waals surface area contributed by atoms with Gasteiger partial charge in [0.05, 0.1) is 6.61 Å². The van der Waals surface area contributed by atoms with Gasteiger partial charge in [-0.1, -0.05) is 44.0 Å². The van der Waals surface area contributed by atoms with Gasteiger partial charge in [-0.2, -0.15) is 0 Å². The average molecular weight is 503 g/mol. The van der Waals surface area contributed by atoms with Crippen molar-refractivity contribution in [3.05, 3.63) is 88.7 Å². The molecule has 0 saturated heterocycles. The van der Waals surface area contributed by atoms with Crippen LogP contribution in [0.3, 0.4) is 0 Å². The highest BCUT2D eigenvalue weighted by Gasteiger charge is 2.24. The summed E-state index contributed by atoms with van der Waals surface area (Å²) in [4.78, 5) is 0. The molecule has 192 valence electrons. The highest BCUT2D eigenvalue weighted by atomic mass is 19.2. The smallest absolute Gasteiger partial charge is 0.194 e. The van der Waals surface area contributed by atoms with Crippen LogP contribution in [0.25, 0.3) is 11.1 Å². The molecule has 0 unspecified atom stereocenters. The normalized spacial score (nSPS) is 17.8. The minimum Gasteiger partial charge on any atom is -0.487 e. The van der Waals surface area contributed by atoms with Crippen LogP contribution in [0, 0.1) is 35.0 Å². The zero-order valence-corrected chi connectivity index (χ0v) is 20.4. The summed E-state index contributed by atoms with van der Waals surface area (Å²) < 4.78 is 74.8. The van der Waals surface area contributed by atoms with Crippen molar-refractivity contribution in [2.24, 2.45) is 5.92 Å². The van der Waals surface area contributed by atoms with E-state index in [4.69, 9.17) is 4.74 Å². The molecule has 0 bridgehead atoms. The second-order valence-electron chi connectivity index (χ2n) is 9.75. The van der Waals surface area contributed by atoms with E-state index in [1.54, 1.807) is 12.1 Å². The van der Waals surface area contributed by atoms with Crippen LogP contribution in [0.1, 0.15) is 68.9 Å². The van der Waals surface area contributed by atoms with Gasteiger partial charge in [-0.3, -0.25) is 0 Å². The number of rotatable bonds is 9. The Bertz CT molecular complexity index is 1120. The SMILES string of the molecule is CCCCCc1cc(F)c(OCC2CCC(c3ccc(-c4cc(F)c(F)c(F)c4)cc3)CC2)c(F)c1. The maximum absolute atomic E-state index is 14.5. The number of halogens is 5. The van der Waals surface area contributed by atoms with Gasteiger partial charge in [-0.15, -0.1) is 0 Å². The Hall–Kier alpha value is -2.89. The second kappa shape index (κ2) is 11.9. The Morgan fingerprint density at radius 2 is 1.33 bits per heavy atom. The molecule has 1 fully saturated rings. The first-order valence-electron chi connectivity index (χ1n) is 12.7. The maximum atomic E-state index is 14.5. The Balaban J connectivity index is 1.30. The molecule has 0 radical (unpaired) electrons. The summed E-state index contributed by atoms with van der Waals surface area (Å²) in [6.45, 7) is 2.36. The number of hydrogen-bond donors (Lipinski definition) is 0. The highest BCUT2D eigenvalue weighted by Crippen LogP contribution is 2.37. The molecule has 0 aromatic heterocycles. The Morgan fingerprint density at radius 3 is 1.92 bits per heavy atom. The lowest BCUT2D eigenvalue weighted by atomic mass is 9.79. The van der Waals surface area contributed by atoms with Crippen molar-refractivity contribution in [1.82, 2.24) is 0 Å². The number of benzene rings is 3. The first-order chi connectivity index (χ1) is 17.4. The number of aryl methyl sites for hydroxylation is 1. The second-order valence-corrected chi connectivity index (χ2v) is 9.75. The summed E-state index contributed by atoms with van der Waals surface area (Å²) in [5, 5.41) is 0. The van der Waals surface area contributed by atoms with Crippen LogP contribution in [0.5, 0.6) is 5.75 Å². The molecule has 0 atom stereocenters. The predicted molar refractivity (Wildman–Crippen MR) is 132 cm³/mol. The van der Waals surface area contributed by atoms with Crippen molar-refractivity contribution >= 4 is 0 Å². The van der Waals surface area contributed by atoms with Gasteiger partial charge in [0.25, 0.3) is 0 Å². The van der Waals surface area contributed by atoms with Gasteiger partial charge in [0, 0.05) is 0 Å². The molecular weight excluding hydrogens is 471 g/mol. The van der Waals surface area contributed by atoms with Gasteiger partial charge >= 0.3 is 0 Å². The van der Waals surface area contributed by atoms with Gasteiger partial charge in [0.2, 0.25) is 0 Å². The minimum atomic E-state index is -1.47. The van der Waals surface area contributed by atoms with E-state index in [2.05, 4.69) is 6.92 Å². The largest absolute Gasteiger partial charge is 0.487 e. The lowest BCUT2D eigenvalue weighted by Crippen LogP contribution is -2.20. The zero-order valence-electron chi connectivity index (χ0n) is 20.4. The summed E-state index contributed by atoms with van der Waals surface area (Å²) >= 11 is 0. The molecule has 0 amide bonds. The van der Waals surface area contributed by atoms with Crippen molar-refractivity contribution < 1.29 is 26.7 Å². The summed E-state index contributed by atoms with van der Waals surface area (Å²) in [5.74, 6) is -4.93. The van der Waals surface area contributed by atoms with E-state index in [1.807, 2.05) is 12.1 Å². The number of hydrogen-bond acceptors (Lipinski definition) is 1. The fourth-order valence-electron chi connectivity index (χ4n) is 5.01. The fourth-order valence-corrected chi connectivity index (χ4v) is 5.01. The molecule has 1 aliphatic rings. The van der Waals surface area contributed by atoms with Crippen LogP contribution in [-0.4, -0.2) is 6.61 Å². The maximum Gasteiger partial charge on any atom is 0.194 e. The fraction of sp³-hybridized carbons (Fsp3) is 0.400. The average Bonchev–Trinajstić information content (AvgIpc) is 2.87. The van der Waals surface area contributed by atoms with Gasteiger partial charge in [-0.25, -0.2) is 22.0 Å². The van der Waals surface area contributed by atoms with Gasteiger partial charge in [-0.05, 0) is 96.9 Å². The molecule has 1 nitrogen and oxygen atoms in total. The van der Waals surface area contributed by atoms with E-state index in [9.17, 15) is 22.0 Å². The first kappa shape index (κ1) is 26.2. The molecule has 0 N–H and O–H groups in total. The Kier molecular flexibility index (Phi) is 8.65. The summed E-state index contributed by atoms with van der Waals surface area (Å²) in [6, 6.07) is 12.2. The summed E-state index contributed by atoms with van der Waals surface area (Å²) in [7, 11) is 0. The number of ether oxygens (including phenoxy) is 1. The molecule has 3 aromatic carbocycles. The highest BCUT2D eigenvalue weighted by molar-refractivity contribution is 5.64. The summed E-state index contributed by atoms with van der Waals surface area (Å²) in [6.07, 6.45) is 7.22. The van der Waals surface area contributed by atoms with Crippen LogP contribution in [0.15, 0.2) is 48.5 Å². The van der Waals surface area contributed by atoms with E-state index in [0.29, 0.717) is 23.5 Å². The Labute approximate surface area is 209 Å². The van der Waals surface area contributed by atoms with E-state index in [-0.39, 0.29) is 23.8 Å². The first-order valence-corrected chi connectivity index (χ1v) is 12.7. The molecule has 0 heterocycles. The van der Waals surface area contributed by atoms with Crippen LogP contribution >= 0.6 is 0 Å². The third-order valence-corrected chi connectivity index (χ3v) is 7.14. The van der Waals surface area contributed by atoms with Crippen LogP contribution in [-0.2, 0) is 6.42 Å². The third kappa shape index (κ3) is 6.26. The van der Waals surface area contributed by atoms with Crippen LogP contribution in [0.4, 0.5) is 22.0 Å². The van der Waals surface area contributed by atoms with Crippen molar-refractivity contribution in [2.45, 2.75) is 64.2 Å². The summed E-state index contributed by atoms with van der Waals surface area (Å²) in [5.41, 5.74) is 2.68. The molecule has 0 spiro atoms. The quantitative estimate of drug-likeness (QED) is 0.161.